The first-order valence-electron chi connectivity index (χ1n) is 9.20. The van der Waals surface area contributed by atoms with E-state index in [1.54, 1.807) is 11.3 Å². The average molecular weight is 372 g/mol. The number of thiazole rings is 1. The normalized spacial score (nSPS) is 15.1. The Kier molecular flexibility index (Phi) is 3.69. The van der Waals surface area contributed by atoms with Gasteiger partial charge in [0.15, 0.2) is 5.13 Å². The SMILES string of the molecule is CC1(C)CN(c2ccccc2Nc2nc3ccccc3s2)c2ccccc21. The van der Waals surface area contributed by atoms with Gasteiger partial charge in [-0.1, -0.05) is 67.6 Å². The highest BCUT2D eigenvalue weighted by molar-refractivity contribution is 7.22. The molecule has 0 saturated carbocycles. The third-order valence-corrected chi connectivity index (χ3v) is 6.16. The Bertz CT molecular complexity index is 1100. The number of nitrogens with one attached hydrogen (secondary N) is 1. The molecule has 4 aromatic rings. The lowest BCUT2D eigenvalue weighted by molar-refractivity contribution is 0.569. The lowest BCUT2D eigenvalue weighted by Gasteiger charge is -2.25. The van der Waals surface area contributed by atoms with Gasteiger partial charge in [-0.3, -0.25) is 0 Å². The monoisotopic (exact) mass is 371 g/mol. The van der Waals surface area contributed by atoms with Crippen molar-refractivity contribution in [3.63, 3.8) is 0 Å². The summed E-state index contributed by atoms with van der Waals surface area (Å²) in [4.78, 5) is 7.16. The second-order valence-electron chi connectivity index (χ2n) is 7.62. The van der Waals surface area contributed by atoms with E-state index >= 15 is 0 Å². The van der Waals surface area contributed by atoms with Gasteiger partial charge in [-0.05, 0) is 35.9 Å². The van der Waals surface area contributed by atoms with Crippen molar-refractivity contribution in [2.75, 3.05) is 16.8 Å². The van der Waals surface area contributed by atoms with Gasteiger partial charge in [-0.2, -0.15) is 0 Å². The van der Waals surface area contributed by atoms with Gasteiger partial charge in [0, 0.05) is 17.6 Å². The Morgan fingerprint density at radius 3 is 2.44 bits per heavy atom. The zero-order valence-electron chi connectivity index (χ0n) is 15.4. The number of fused-ring (bicyclic) bond motifs is 2. The molecule has 4 heteroatoms. The Morgan fingerprint density at radius 2 is 1.59 bits per heavy atom. The van der Waals surface area contributed by atoms with Crippen molar-refractivity contribution in [3.8, 4) is 0 Å². The molecule has 27 heavy (non-hydrogen) atoms. The first-order valence-corrected chi connectivity index (χ1v) is 10.0. The molecule has 3 aromatic carbocycles. The minimum Gasteiger partial charge on any atom is -0.339 e. The van der Waals surface area contributed by atoms with Crippen LogP contribution >= 0.6 is 11.3 Å². The first kappa shape index (κ1) is 16.3. The quantitative estimate of drug-likeness (QED) is 0.447. The lowest BCUT2D eigenvalue weighted by atomic mass is 9.87. The summed E-state index contributed by atoms with van der Waals surface area (Å²) < 4.78 is 1.20. The van der Waals surface area contributed by atoms with E-state index < -0.39 is 0 Å². The van der Waals surface area contributed by atoms with Crippen LogP contribution in [0.2, 0.25) is 0 Å². The van der Waals surface area contributed by atoms with Crippen LogP contribution < -0.4 is 10.2 Å². The van der Waals surface area contributed by atoms with Crippen LogP contribution in [0.15, 0.2) is 72.8 Å². The summed E-state index contributed by atoms with van der Waals surface area (Å²) in [6, 6.07) is 25.5. The molecule has 0 unspecified atom stereocenters. The molecule has 0 bridgehead atoms. The number of para-hydroxylation sites is 4. The molecule has 1 aliphatic heterocycles. The lowest BCUT2D eigenvalue weighted by Crippen LogP contribution is -2.25. The van der Waals surface area contributed by atoms with Crippen LogP contribution in [-0.2, 0) is 5.41 Å². The standard InChI is InChI=1S/C23H21N3S/c1-23(2)15-26(19-12-6-3-9-16(19)23)20-13-7-4-10-17(20)24-22-25-18-11-5-8-14-21(18)27-22/h3-14H,15H2,1-2H3,(H,24,25). The molecule has 2 heterocycles. The smallest absolute Gasteiger partial charge is 0.188 e. The van der Waals surface area contributed by atoms with Crippen LogP contribution in [0.1, 0.15) is 19.4 Å². The maximum absolute atomic E-state index is 4.74. The van der Waals surface area contributed by atoms with E-state index in [4.69, 9.17) is 4.98 Å². The average Bonchev–Trinajstić information content (AvgIpc) is 3.20. The molecule has 134 valence electrons. The number of anilines is 4. The van der Waals surface area contributed by atoms with Crippen LogP contribution in [0, 0.1) is 0 Å². The fraction of sp³-hybridized carbons (Fsp3) is 0.174. The third-order valence-electron chi connectivity index (χ3n) is 5.21. The third kappa shape index (κ3) is 2.77. The van der Waals surface area contributed by atoms with E-state index in [0.29, 0.717) is 0 Å². The Labute approximate surface area is 163 Å². The molecule has 1 aromatic heterocycles. The fourth-order valence-corrected chi connectivity index (χ4v) is 4.80. The molecule has 1 aliphatic rings. The van der Waals surface area contributed by atoms with E-state index in [1.165, 1.54) is 21.6 Å². The van der Waals surface area contributed by atoms with Crippen LogP contribution in [-0.4, -0.2) is 11.5 Å². The van der Waals surface area contributed by atoms with E-state index in [0.717, 1.165) is 22.9 Å². The van der Waals surface area contributed by atoms with Gasteiger partial charge in [0.05, 0.1) is 21.6 Å². The highest BCUT2D eigenvalue weighted by Gasteiger charge is 2.36. The summed E-state index contributed by atoms with van der Waals surface area (Å²) in [7, 11) is 0. The van der Waals surface area contributed by atoms with Gasteiger partial charge in [-0.25, -0.2) is 4.98 Å². The minimum atomic E-state index is 0.125. The van der Waals surface area contributed by atoms with E-state index in [9.17, 15) is 0 Å². The van der Waals surface area contributed by atoms with Crippen molar-refractivity contribution in [2.24, 2.45) is 0 Å². The summed E-state index contributed by atoms with van der Waals surface area (Å²) in [5.41, 5.74) is 6.13. The van der Waals surface area contributed by atoms with Gasteiger partial charge in [0.2, 0.25) is 0 Å². The summed E-state index contributed by atoms with van der Waals surface area (Å²) >= 11 is 1.69. The maximum atomic E-state index is 4.74. The number of nitrogens with zero attached hydrogens (tertiary/aromatic N) is 2. The summed E-state index contributed by atoms with van der Waals surface area (Å²) in [6.45, 7) is 5.59. The van der Waals surface area contributed by atoms with Crippen molar-refractivity contribution in [1.29, 1.82) is 0 Å². The molecular formula is C23H21N3S. The van der Waals surface area contributed by atoms with Crippen molar-refractivity contribution >= 4 is 43.7 Å². The molecule has 0 saturated heterocycles. The van der Waals surface area contributed by atoms with Crippen LogP contribution in [0.25, 0.3) is 10.2 Å². The van der Waals surface area contributed by atoms with Crippen LogP contribution in [0.4, 0.5) is 22.2 Å². The predicted octanol–water partition coefficient (Wildman–Crippen LogP) is 6.47. The van der Waals surface area contributed by atoms with Gasteiger partial charge in [0.1, 0.15) is 0 Å². The molecule has 3 nitrogen and oxygen atoms in total. The molecule has 0 atom stereocenters. The second kappa shape index (κ2) is 6.10. The molecule has 0 spiro atoms. The number of aromatic nitrogens is 1. The highest BCUT2D eigenvalue weighted by atomic mass is 32.1. The predicted molar refractivity (Wildman–Crippen MR) is 116 cm³/mol. The largest absolute Gasteiger partial charge is 0.339 e. The van der Waals surface area contributed by atoms with Gasteiger partial charge < -0.3 is 10.2 Å². The van der Waals surface area contributed by atoms with Crippen molar-refractivity contribution < 1.29 is 0 Å². The molecule has 1 N–H and O–H groups in total. The second-order valence-corrected chi connectivity index (χ2v) is 8.65. The Balaban J connectivity index is 1.56. The first-order chi connectivity index (χ1) is 13.1. The van der Waals surface area contributed by atoms with Gasteiger partial charge in [-0.15, -0.1) is 0 Å². The minimum absolute atomic E-state index is 0.125. The number of hydrogen-bond acceptors (Lipinski definition) is 4. The summed E-state index contributed by atoms with van der Waals surface area (Å²) in [5.74, 6) is 0. The number of hydrogen-bond donors (Lipinski definition) is 1. The molecule has 0 radical (unpaired) electrons. The number of benzene rings is 3. The molecule has 0 fully saturated rings. The van der Waals surface area contributed by atoms with E-state index in [2.05, 4.69) is 90.8 Å². The van der Waals surface area contributed by atoms with Crippen molar-refractivity contribution in [3.05, 3.63) is 78.4 Å². The topological polar surface area (TPSA) is 28.2 Å². The maximum Gasteiger partial charge on any atom is 0.188 e. The molecule has 5 rings (SSSR count). The molecular weight excluding hydrogens is 350 g/mol. The summed E-state index contributed by atoms with van der Waals surface area (Å²) in [5, 5.41) is 4.49. The Morgan fingerprint density at radius 1 is 0.889 bits per heavy atom. The van der Waals surface area contributed by atoms with Crippen molar-refractivity contribution in [2.45, 2.75) is 19.3 Å². The molecule has 0 amide bonds. The van der Waals surface area contributed by atoms with Crippen LogP contribution in [0.5, 0.6) is 0 Å². The zero-order valence-corrected chi connectivity index (χ0v) is 16.3. The zero-order chi connectivity index (χ0) is 18.4. The van der Waals surface area contributed by atoms with E-state index in [-0.39, 0.29) is 5.41 Å². The highest BCUT2D eigenvalue weighted by Crippen LogP contribution is 2.46. The Hall–Kier alpha value is -2.85. The van der Waals surface area contributed by atoms with Gasteiger partial charge in [0.25, 0.3) is 0 Å². The van der Waals surface area contributed by atoms with Crippen molar-refractivity contribution in [1.82, 2.24) is 4.98 Å². The van der Waals surface area contributed by atoms with Gasteiger partial charge >= 0.3 is 0 Å². The number of rotatable bonds is 3. The molecule has 0 aliphatic carbocycles. The van der Waals surface area contributed by atoms with E-state index in [1.807, 2.05) is 6.07 Å². The summed E-state index contributed by atoms with van der Waals surface area (Å²) in [6.07, 6.45) is 0. The fourth-order valence-electron chi connectivity index (χ4n) is 3.92. The van der Waals surface area contributed by atoms with Crippen LogP contribution in [0.3, 0.4) is 0 Å².